The van der Waals surface area contributed by atoms with Crippen LogP contribution in [0.2, 0.25) is 0 Å². The smallest absolute Gasteiger partial charge is 0.316 e. The van der Waals surface area contributed by atoms with Gasteiger partial charge in [0.1, 0.15) is 11.4 Å². The predicted octanol–water partition coefficient (Wildman–Crippen LogP) is 6.10. The number of hydrogen-bond donors (Lipinski definition) is 1. The van der Waals surface area contributed by atoms with Crippen molar-refractivity contribution in [2.75, 3.05) is 7.11 Å². The summed E-state index contributed by atoms with van der Waals surface area (Å²) in [5.74, 6) is -5.45. The highest BCUT2D eigenvalue weighted by Crippen LogP contribution is 2.45. The largest absolute Gasteiger partial charge is 0.491 e. The molecule has 2 aromatic heterocycles. The summed E-state index contributed by atoms with van der Waals surface area (Å²) in [7, 11) is 1.02. The van der Waals surface area contributed by atoms with Crippen molar-refractivity contribution < 1.29 is 41.7 Å². The summed E-state index contributed by atoms with van der Waals surface area (Å²) in [6.07, 6.45) is 4.33. The van der Waals surface area contributed by atoms with E-state index in [1.807, 2.05) is 6.07 Å². The van der Waals surface area contributed by atoms with Crippen LogP contribution in [0, 0.1) is 17.5 Å². The number of hydrogen-bond acceptors (Lipinski definition) is 8. The van der Waals surface area contributed by atoms with E-state index in [4.69, 9.17) is 13.9 Å². The number of aliphatic carboxylic acids is 1. The quantitative estimate of drug-likeness (QED) is 0.214. The van der Waals surface area contributed by atoms with Gasteiger partial charge in [-0.05, 0) is 55.9 Å². The Morgan fingerprint density at radius 2 is 1.85 bits per heavy atom. The Morgan fingerprint density at radius 3 is 2.49 bits per heavy atom. The number of nitrogens with zero attached hydrogens (tertiary/aromatic N) is 3. The second-order valence-electron chi connectivity index (χ2n) is 9.78. The predicted molar refractivity (Wildman–Crippen MR) is 139 cm³/mol. The Labute approximate surface area is 232 Å². The van der Waals surface area contributed by atoms with Crippen molar-refractivity contribution >= 4 is 5.97 Å². The van der Waals surface area contributed by atoms with Crippen LogP contribution in [0.1, 0.15) is 49.6 Å². The van der Waals surface area contributed by atoms with E-state index in [0.717, 1.165) is 31.6 Å². The topological polar surface area (TPSA) is 117 Å². The van der Waals surface area contributed by atoms with Gasteiger partial charge in [0.15, 0.2) is 29.8 Å². The van der Waals surface area contributed by atoms with Crippen LogP contribution in [0.4, 0.5) is 13.2 Å². The highest BCUT2D eigenvalue weighted by atomic mass is 19.2. The fourth-order valence-electron chi connectivity index (χ4n) is 4.30. The maximum Gasteiger partial charge on any atom is 0.316 e. The Kier molecular flexibility index (Phi) is 7.82. The lowest BCUT2D eigenvalue weighted by atomic mass is 10.0. The zero-order valence-electron chi connectivity index (χ0n) is 22.4. The minimum Gasteiger partial charge on any atom is -0.491 e. The molecule has 1 aliphatic carbocycles. The van der Waals surface area contributed by atoms with Gasteiger partial charge in [0.2, 0.25) is 11.7 Å². The standard InChI is InChI=1S/C29H26F3N3O6/c1-14(2)40-29-33-11-17(12-34-29)26-27(19-10-20(30)28(38-3)25(32)24(19)31)41-22(35-26)13-39-21-8-15(9-23(36)37)4-7-18(21)16-5-6-16/h4,7-8,10-12,14,16H,5-6,9,13H2,1-3H3,(H,36,37). The second-order valence-corrected chi connectivity index (χ2v) is 9.78. The number of rotatable bonds is 11. The van der Waals surface area contributed by atoms with Crippen LogP contribution in [-0.4, -0.2) is 39.2 Å². The molecule has 0 amide bonds. The number of carboxylic acid groups (broad SMARTS) is 1. The number of aromatic nitrogens is 3. The molecular formula is C29H26F3N3O6. The van der Waals surface area contributed by atoms with E-state index in [2.05, 4.69) is 19.7 Å². The number of halogens is 3. The van der Waals surface area contributed by atoms with Gasteiger partial charge in [0.25, 0.3) is 0 Å². The van der Waals surface area contributed by atoms with Crippen molar-refractivity contribution in [1.82, 2.24) is 15.0 Å². The molecule has 214 valence electrons. The second kappa shape index (κ2) is 11.5. The van der Waals surface area contributed by atoms with Crippen molar-refractivity contribution in [3.8, 4) is 40.1 Å². The molecule has 1 saturated carbocycles. The monoisotopic (exact) mass is 569 g/mol. The van der Waals surface area contributed by atoms with Crippen LogP contribution < -0.4 is 14.2 Å². The third-order valence-corrected chi connectivity index (χ3v) is 6.28. The summed E-state index contributed by atoms with van der Waals surface area (Å²) >= 11 is 0. The normalized spacial score (nSPS) is 13.0. The van der Waals surface area contributed by atoms with Crippen molar-refractivity contribution in [1.29, 1.82) is 0 Å². The SMILES string of the molecule is COc1c(F)cc(-c2oc(COc3cc(CC(=O)O)ccc3C3CC3)nc2-c2cnc(OC(C)C)nc2)c(F)c1F. The average molecular weight is 570 g/mol. The Bertz CT molecular complexity index is 1590. The number of methoxy groups -OCH3 is 1. The first kappa shape index (κ1) is 27.9. The molecule has 0 atom stereocenters. The van der Waals surface area contributed by atoms with Crippen LogP contribution in [0.15, 0.2) is 41.1 Å². The van der Waals surface area contributed by atoms with Gasteiger partial charge in [-0.1, -0.05) is 12.1 Å². The Hall–Kier alpha value is -4.61. The molecule has 2 aromatic carbocycles. The van der Waals surface area contributed by atoms with Crippen molar-refractivity contribution in [3.05, 3.63) is 71.1 Å². The van der Waals surface area contributed by atoms with Gasteiger partial charge in [0, 0.05) is 18.0 Å². The fourth-order valence-corrected chi connectivity index (χ4v) is 4.30. The summed E-state index contributed by atoms with van der Waals surface area (Å²) in [6.45, 7) is 3.38. The molecule has 9 nitrogen and oxygen atoms in total. The molecule has 12 heteroatoms. The van der Waals surface area contributed by atoms with E-state index >= 15 is 4.39 Å². The van der Waals surface area contributed by atoms with Gasteiger partial charge in [-0.2, -0.15) is 4.39 Å². The summed E-state index contributed by atoms with van der Waals surface area (Å²) in [6, 6.07) is 6.09. The maximum absolute atomic E-state index is 15.1. The van der Waals surface area contributed by atoms with Crippen LogP contribution >= 0.6 is 0 Å². The first-order chi connectivity index (χ1) is 19.6. The van der Waals surface area contributed by atoms with Gasteiger partial charge in [-0.3, -0.25) is 4.79 Å². The lowest BCUT2D eigenvalue weighted by molar-refractivity contribution is -0.136. The van der Waals surface area contributed by atoms with Crippen LogP contribution in [0.5, 0.6) is 17.5 Å². The minimum absolute atomic E-state index is 0.0182. The first-order valence-corrected chi connectivity index (χ1v) is 12.8. The van der Waals surface area contributed by atoms with E-state index in [0.29, 0.717) is 17.2 Å². The molecule has 0 saturated heterocycles. The van der Waals surface area contributed by atoms with Crippen molar-refractivity contribution in [3.63, 3.8) is 0 Å². The highest BCUT2D eigenvalue weighted by Gasteiger charge is 2.29. The Morgan fingerprint density at radius 1 is 1.12 bits per heavy atom. The minimum atomic E-state index is -1.52. The van der Waals surface area contributed by atoms with E-state index in [-0.39, 0.29) is 48.1 Å². The lowest BCUT2D eigenvalue weighted by Gasteiger charge is -2.11. The summed E-state index contributed by atoms with van der Waals surface area (Å²) < 4.78 is 66.3. The molecular weight excluding hydrogens is 543 g/mol. The number of carboxylic acids is 1. The molecule has 0 aliphatic heterocycles. The number of benzene rings is 2. The molecule has 41 heavy (non-hydrogen) atoms. The van der Waals surface area contributed by atoms with E-state index < -0.39 is 34.7 Å². The maximum atomic E-state index is 15.1. The van der Waals surface area contributed by atoms with Gasteiger partial charge in [-0.25, -0.2) is 23.7 Å². The average Bonchev–Trinajstić information content (AvgIpc) is 3.68. The number of ether oxygens (including phenoxy) is 3. The van der Waals surface area contributed by atoms with E-state index in [1.165, 1.54) is 12.4 Å². The molecule has 0 bridgehead atoms. The molecule has 2 heterocycles. The summed E-state index contributed by atoms with van der Waals surface area (Å²) in [5.41, 5.74) is 1.23. The van der Waals surface area contributed by atoms with Gasteiger partial charge in [0.05, 0.1) is 25.2 Å². The van der Waals surface area contributed by atoms with Crippen LogP contribution in [0.25, 0.3) is 22.6 Å². The van der Waals surface area contributed by atoms with Gasteiger partial charge in [-0.15, -0.1) is 0 Å². The molecule has 1 fully saturated rings. The fraction of sp³-hybridized carbons (Fsp3) is 0.310. The summed E-state index contributed by atoms with van der Waals surface area (Å²) in [4.78, 5) is 23.9. The van der Waals surface area contributed by atoms with Crippen molar-refractivity contribution in [2.45, 2.75) is 51.7 Å². The molecule has 0 unspecified atom stereocenters. The molecule has 1 N–H and O–H groups in total. The molecule has 4 aromatic rings. The number of oxazole rings is 1. The third kappa shape index (κ3) is 6.11. The molecule has 0 spiro atoms. The first-order valence-electron chi connectivity index (χ1n) is 12.8. The molecule has 0 radical (unpaired) electrons. The zero-order valence-corrected chi connectivity index (χ0v) is 22.4. The number of carbonyl (C=O) groups is 1. The zero-order chi connectivity index (χ0) is 29.3. The third-order valence-electron chi connectivity index (χ3n) is 6.28. The summed E-state index contributed by atoms with van der Waals surface area (Å²) in [5, 5.41) is 9.18. The van der Waals surface area contributed by atoms with Crippen LogP contribution in [-0.2, 0) is 17.8 Å². The van der Waals surface area contributed by atoms with Gasteiger partial charge < -0.3 is 23.7 Å². The van der Waals surface area contributed by atoms with E-state index in [1.54, 1.807) is 26.0 Å². The molecule has 5 rings (SSSR count). The Balaban J connectivity index is 1.53. The highest BCUT2D eigenvalue weighted by molar-refractivity contribution is 5.77. The molecule has 1 aliphatic rings. The van der Waals surface area contributed by atoms with E-state index in [9.17, 15) is 18.7 Å². The lowest BCUT2D eigenvalue weighted by Crippen LogP contribution is -2.08. The van der Waals surface area contributed by atoms with Crippen LogP contribution in [0.3, 0.4) is 0 Å². The van der Waals surface area contributed by atoms with Gasteiger partial charge >= 0.3 is 12.0 Å². The van der Waals surface area contributed by atoms with Crippen molar-refractivity contribution in [2.24, 2.45) is 0 Å².